The first kappa shape index (κ1) is 24.1. The average molecular weight is 465 g/mol. The molecule has 34 heavy (non-hydrogen) atoms. The van der Waals surface area contributed by atoms with Crippen LogP contribution in [0.15, 0.2) is 91.0 Å². The molecule has 1 fully saturated rings. The third kappa shape index (κ3) is 5.70. The molecule has 0 heterocycles. The van der Waals surface area contributed by atoms with Gasteiger partial charge in [-0.1, -0.05) is 78.9 Å². The van der Waals surface area contributed by atoms with E-state index in [1.165, 1.54) is 0 Å². The van der Waals surface area contributed by atoms with Gasteiger partial charge in [0.1, 0.15) is 30.5 Å². The molecule has 0 radical (unpaired) electrons. The summed E-state index contributed by atoms with van der Waals surface area (Å²) in [7, 11) is 0. The molecule has 1 aliphatic rings. The van der Waals surface area contributed by atoms with Gasteiger partial charge >= 0.3 is 5.97 Å². The molecular weight excluding hydrogens is 436 g/mol. The molecule has 0 unspecified atom stereocenters. The highest BCUT2D eigenvalue weighted by atomic mass is 16.6. The van der Waals surface area contributed by atoms with Crippen molar-refractivity contribution in [1.29, 1.82) is 0 Å². The van der Waals surface area contributed by atoms with Crippen LogP contribution in [0.1, 0.15) is 21.5 Å². The van der Waals surface area contributed by atoms with E-state index >= 15 is 0 Å². The second-order valence-corrected chi connectivity index (χ2v) is 8.23. The fraction of sp³-hybridized carbons (Fsp3) is 0.296. The minimum absolute atomic E-state index is 0.107. The molecule has 6 atom stereocenters. The van der Waals surface area contributed by atoms with Crippen LogP contribution in [-0.2, 0) is 27.4 Å². The lowest BCUT2D eigenvalue weighted by Gasteiger charge is -2.44. The van der Waals surface area contributed by atoms with Gasteiger partial charge in [-0.3, -0.25) is 0 Å². The van der Waals surface area contributed by atoms with E-state index in [-0.39, 0.29) is 18.8 Å². The molecule has 0 aliphatic heterocycles. The zero-order valence-electron chi connectivity index (χ0n) is 18.5. The third-order valence-electron chi connectivity index (χ3n) is 5.84. The maximum atomic E-state index is 12.7. The van der Waals surface area contributed by atoms with Gasteiger partial charge in [0.2, 0.25) is 0 Å². The largest absolute Gasteiger partial charge is 0.453 e. The van der Waals surface area contributed by atoms with Crippen molar-refractivity contribution in [3.8, 4) is 0 Å². The number of aliphatic hydroxyl groups is 3. The van der Waals surface area contributed by atoms with Crippen molar-refractivity contribution in [3.05, 3.63) is 108 Å². The topological polar surface area (TPSA) is 105 Å². The van der Waals surface area contributed by atoms with Crippen LogP contribution in [0, 0.1) is 0 Å². The first-order valence-electron chi connectivity index (χ1n) is 11.2. The molecule has 3 N–H and O–H groups in total. The molecule has 178 valence electrons. The monoisotopic (exact) mass is 464 g/mol. The Morgan fingerprint density at radius 1 is 0.588 bits per heavy atom. The summed E-state index contributed by atoms with van der Waals surface area (Å²) in [5.74, 6) is -0.694. The van der Waals surface area contributed by atoms with E-state index < -0.39 is 42.6 Å². The summed E-state index contributed by atoms with van der Waals surface area (Å²) >= 11 is 0. The van der Waals surface area contributed by atoms with Crippen molar-refractivity contribution in [2.24, 2.45) is 0 Å². The minimum atomic E-state index is -1.53. The average Bonchev–Trinajstić information content (AvgIpc) is 2.88. The number of hydrogen-bond donors (Lipinski definition) is 3. The quantitative estimate of drug-likeness (QED) is 0.440. The van der Waals surface area contributed by atoms with Crippen LogP contribution in [0.5, 0.6) is 0 Å². The Balaban J connectivity index is 1.53. The Morgan fingerprint density at radius 3 is 1.56 bits per heavy atom. The summed E-state index contributed by atoms with van der Waals surface area (Å²) in [6.07, 6.45) is -7.98. The van der Waals surface area contributed by atoms with Gasteiger partial charge in [-0.25, -0.2) is 4.79 Å². The standard InChI is InChI=1S/C27H28O7/c28-21-22(29)26(34-27(31)20-14-8-3-9-15-20)25(33-17-19-12-6-2-7-13-19)23(30)24(21)32-16-18-10-4-1-5-11-18/h1-15,21-26,28-30H,16-17H2/t21-,22+,23-,24+,25+,26+/m0/s1. The molecule has 7 heteroatoms. The van der Waals surface area contributed by atoms with Crippen LogP contribution in [0.25, 0.3) is 0 Å². The van der Waals surface area contributed by atoms with Crippen LogP contribution >= 0.6 is 0 Å². The van der Waals surface area contributed by atoms with Gasteiger partial charge in [0, 0.05) is 0 Å². The van der Waals surface area contributed by atoms with Crippen LogP contribution in [0.2, 0.25) is 0 Å². The number of carbonyl (C=O) groups excluding carboxylic acids is 1. The van der Waals surface area contributed by atoms with Crippen molar-refractivity contribution < 1.29 is 34.3 Å². The zero-order valence-corrected chi connectivity index (χ0v) is 18.5. The Bertz CT molecular complexity index is 1030. The molecule has 0 amide bonds. The van der Waals surface area contributed by atoms with Crippen LogP contribution in [0.3, 0.4) is 0 Å². The zero-order chi connectivity index (χ0) is 23.9. The van der Waals surface area contributed by atoms with Gasteiger partial charge in [0.15, 0.2) is 6.10 Å². The SMILES string of the molecule is O=C(O[C@@H]1[C@H](O)[C@H](O)[C@@H](OCc2ccccc2)[C@H](O)[C@H]1OCc1ccccc1)c1ccccc1. The van der Waals surface area contributed by atoms with E-state index in [2.05, 4.69) is 0 Å². The lowest BCUT2D eigenvalue weighted by molar-refractivity contribution is -0.250. The smallest absolute Gasteiger partial charge is 0.338 e. The number of carbonyl (C=O) groups is 1. The molecule has 1 aliphatic carbocycles. The molecule has 3 aromatic carbocycles. The van der Waals surface area contributed by atoms with Crippen molar-refractivity contribution in [2.45, 2.75) is 49.8 Å². The highest BCUT2D eigenvalue weighted by Gasteiger charge is 2.52. The van der Waals surface area contributed by atoms with E-state index in [0.29, 0.717) is 0 Å². The van der Waals surface area contributed by atoms with E-state index in [4.69, 9.17) is 14.2 Å². The Labute approximate surface area is 198 Å². The van der Waals surface area contributed by atoms with Crippen molar-refractivity contribution in [3.63, 3.8) is 0 Å². The van der Waals surface area contributed by atoms with Gasteiger partial charge in [-0.15, -0.1) is 0 Å². The molecule has 1 saturated carbocycles. The van der Waals surface area contributed by atoms with Crippen molar-refractivity contribution >= 4 is 5.97 Å². The summed E-state index contributed by atoms with van der Waals surface area (Å²) in [5, 5.41) is 32.8. The Hall–Kier alpha value is -3.07. The summed E-state index contributed by atoms with van der Waals surface area (Å²) < 4.78 is 17.3. The van der Waals surface area contributed by atoms with E-state index in [9.17, 15) is 20.1 Å². The lowest BCUT2D eigenvalue weighted by atomic mass is 9.84. The number of rotatable bonds is 8. The maximum Gasteiger partial charge on any atom is 0.338 e. The van der Waals surface area contributed by atoms with Gasteiger partial charge in [0.25, 0.3) is 0 Å². The van der Waals surface area contributed by atoms with E-state index in [1.807, 2.05) is 60.7 Å². The highest BCUT2D eigenvalue weighted by molar-refractivity contribution is 5.89. The van der Waals surface area contributed by atoms with Crippen molar-refractivity contribution in [2.75, 3.05) is 0 Å². The number of esters is 1. The molecular formula is C27H28O7. The highest BCUT2D eigenvalue weighted by Crippen LogP contribution is 2.30. The molecule has 0 spiro atoms. The lowest BCUT2D eigenvalue weighted by Crippen LogP contribution is -2.65. The normalized spacial score (nSPS) is 26.7. The predicted molar refractivity (Wildman–Crippen MR) is 124 cm³/mol. The number of benzene rings is 3. The molecule has 4 rings (SSSR count). The van der Waals surface area contributed by atoms with Crippen LogP contribution in [0.4, 0.5) is 0 Å². The van der Waals surface area contributed by atoms with Gasteiger partial charge < -0.3 is 29.5 Å². The second-order valence-electron chi connectivity index (χ2n) is 8.23. The maximum absolute atomic E-state index is 12.7. The number of ether oxygens (including phenoxy) is 3. The summed E-state index contributed by atoms with van der Waals surface area (Å²) in [5.41, 5.74) is 1.96. The summed E-state index contributed by atoms with van der Waals surface area (Å²) in [6, 6.07) is 26.9. The van der Waals surface area contributed by atoms with Gasteiger partial charge in [0.05, 0.1) is 18.8 Å². The molecule has 0 aromatic heterocycles. The molecule has 7 nitrogen and oxygen atoms in total. The van der Waals surface area contributed by atoms with E-state index in [1.54, 1.807) is 30.3 Å². The molecule has 0 saturated heterocycles. The van der Waals surface area contributed by atoms with Crippen molar-refractivity contribution in [1.82, 2.24) is 0 Å². The molecule has 0 bridgehead atoms. The minimum Gasteiger partial charge on any atom is -0.453 e. The fourth-order valence-electron chi connectivity index (χ4n) is 3.99. The first-order chi connectivity index (χ1) is 16.5. The summed E-state index contributed by atoms with van der Waals surface area (Å²) in [4.78, 5) is 12.7. The molecule has 3 aromatic rings. The second kappa shape index (κ2) is 11.4. The first-order valence-corrected chi connectivity index (χ1v) is 11.2. The summed E-state index contributed by atoms with van der Waals surface area (Å²) in [6.45, 7) is 0.225. The third-order valence-corrected chi connectivity index (χ3v) is 5.84. The van der Waals surface area contributed by atoms with E-state index in [0.717, 1.165) is 11.1 Å². The van der Waals surface area contributed by atoms with Crippen LogP contribution in [-0.4, -0.2) is 57.9 Å². The fourth-order valence-corrected chi connectivity index (χ4v) is 3.99. The Kier molecular flexibility index (Phi) is 8.05. The Morgan fingerprint density at radius 2 is 1.03 bits per heavy atom. The number of aliphatic hydroxyl groups excluding tert-OH is 3. The van der Waals surface area contributed by atoms with Gasteiger partial charge in [-0.2, -0.15) is 0 Å². The number of hydrogen-bond acceptors (Lipinski definition) is 7. The predicted octanol–water partition coefficient (Wildman–Crippen LogP) is 2.48. The van der Waals surface area contributed by atoms with Crippen LogP contribution < -0.4 is 0 Å². The van der Waals surface area contributed by atoms with Gasteiger partial charge in [-0.05, 0) is 23.3 Å².